The van der Waals surface area contributed by atoms with Gasteiger partial charge in [0.05, 0.1) is 18.0 Å². The summed E-state index contributed by atoms with van der Waals surface area (Å²) in [5.74, 6) is -1.19. The van der Waals surface area contributed by atoms with E-state index in [-0.39, 0.29) is 5.91 Å². The smallest absolute Gasteiger partial charge is 0.310 e. The summed E-state index contributed by atoms with van der Waals surface area (Å²) in [5.41, 5.74) is 3.99. The number of nitrogens with zero attached hydrogens (tertiary/aromatic N) is 1. The Bertz CT molecular complexity index is 550. The highest BCUT2D eigenvalue weighted by molar-refractivity contribution is 6.03. The maximum atomic E-state index is 11.9. The van der Waals surface area contributed by atoms with Crippen molar-refractivity contribution in [3.05, 3.63) is 28.8 Å². The first-order chi connectivity index (χ1) is 8.58. The average Bonchev–Trinajstić information content (AvgIpc) is 2.67. The molecule has 0 aliphatic carbocycles. The molecule has 0 aromatic heterocycles. The van der Waals surface area contributed by atoms with Crippen molar-refractivity contribution in [3.63, 3.8) is 0 Å². The lowest BCUT2D eigenvalue weighted by Crippen LogP contribution is -2.31. The summed E-state index contributed by atoms with van der Waals surface area (Å²) in [6.45, 7) is 2.49. The van der Waals surface area contributed by atoms with Crippen molar-refractivity contribution in [2.24, 2.45) is 0 Å². The predicted octanol–water partition coefficient (Wildman–Crippen LogP) is 1.71. The molecular formula is C14H15NO3. The fourth-order valence-electron chi connectivity index (χ4n) is 2.90. The molecule has 2 aliphatic rings. The van der Waals surface area contributed by atoms with Crippen LogP contribution in [0.2, 0.25) is 0 Å². The monoisotopic (exact) mass is 245 g/mol. The molecule has 0 saturated carbocycles. The topological polar surface area (TPSA) is 57.6 Å². The molecule has 1 aromatic carbocycles. The molecule has 0 spiro atoms. The van der Waals surface area contributed by atoms with Crippen molar-refractivity contribution in [1.82, 2.24) is 0 Å². The second-order valence-electron chi connectivity index (χ2n) is 5.07. The molecule has 2 aliphatic heterocycles. The van der Waals surface area contributed by atoms with E-state index < -0.39 is 11.9 Å². The van der Waals surface area contributed by atoms with Gasteiger partial charge in [-0.15, -0.1) is 0 Å². The van der Waals surface area contributed by atoms with Gasteiger partial charge in [-0.3, -0.25) is 9.59 Å². The number of carbonyl (C=O) groups is 2. The molecule has 0 fully saturated rings. The van der Waals surface area contributed by atoms with Crippen LogP contribution in [0, 0.1) is 0 Å². The Balaban J connectivity index is 2.11. The van der Waals surface area contributed by atoms with Gasteiger partial charge in [-0.25, -0.2) is 0 Å². The molecule has 18 heavy (non-hydrogen) atoms. The number of aryl methyl sites for hydroxylation is 1. The van der Waals surface area contributed by atoms with Crippen LogP contribution in [0.1, 0.15) is 36.0 Å². The van der Waals surface area contributed by atoms with E-state index in [0.29, 0.717) is 6.42 Å². The lowest BCUT2D eigenvalue weighted by atomic mass is 9.92. The zero-order valence-corrected chi connectivity index (χ0v) is 10.3. The Hall–Kier alpha value is -1.84. The number of hydrogen-bond donors (Lipinski definition) is 1. The SMILES string of the molecule is CC(C(=O)O)c1cc2c3c(c1)CC(=O)N3CCC2. The second-order valence-corrected chi connectivity index (χ2v) is 5.07. The first-order valence-electron chi connectivity index (χ1n) is 6.27. The van der Waals surface area contributed by atoms with Crippen LogP contribution in [0.4, 0.5) is 5.69 Å². The average molecular weight is 245 g/mol. The van der Waals surface area contributed by atoms with E-state index in [1.165, 1.54) is 0 Å². The number of anilines is 1. The van der Waals surface area contributed by atoms with Gasteiger partial charge in [0.25, 0.3) is 0 Å². The van der Waals surface area contributed by atoms with Gasteiger partial charge in [0.2, 0.25) is 5.91 Å². The highest BCUT2D eigenvalue weighted by Crippen LogP contribution is 2.38. The molecule has 94 valence electrons. The lowest BCUT2D eigenvalue weighted by Gasteiger charge is -2.26. The van der Waals surface area contributed by atoms with Crippen LogP contribution in [0.25, 0.3) is 0 Å². The third-order valence-corrected chi connectivity index (χ3v) is 3.90. The Morgan fingerprint density at radius 3 is 2.83 bits per heavy atom. The minimum atomic E-state index is -0.820. The van der Waals surface area contributed by atoms with Crippen molar-refractivity contribution >= 4 is 17.6 Å². The zero-order chi connectivity index (χ0) is 12.9. The first-order valence-corrected chi connectivity index (χ1v) is 6.27. The van der Waals surface area contributed by atoms with Crippen molar-refractivity contribution < 1.29 is 14.7 Å². The number of carbonyl (C=O) groups excluding carboxylic acids is 1. The molecule has 1 atom stereocenters. The number of amides is 1. The Kier molecular flexibility index (Phi) is 2.40. The van der Waals surface area contributed by atoms with E-state index >= 15 is 0 Å². The van der Waals surface area contributed by atoms with Crippen molar-refractivity contribution in [2.45, 2.75) is 32.1 Å². The summed E-state index contributed by atoms with van der Waals surface area (Å²) >= 11 is 0. The van der Waals surface area contributed by atoms with Gasteiger partial charge in [-0.2, -0.15) is 0 Å². The van der Waals surface area contributed by atoms with Crippen LogP contribution >= 0.6 is 0 Å². The number of hydrogen-bond acceptors (Lipinski definition) is 2. The standard InChI is InChI=1S/C14H15NO3/c1-8(14(17)18)10-5-9-3-2-4-15-12(16)7-11(6-10)13(9)15/h5-6,8H,2-4,7H2,1H3,(H,17,18). The summed E-state index contributed by atoms with van der Waals surface area (Å²) in [7, 11) is 0. The minimum Gasteiger partial charge on any atom is -0.481 e. The van der Waals surface area contributed by atoms with E-state index in [1.807, 2.05) is 17.0 Å². The fraction of sp³-hybridized carbons (Fsp3) is 0.429. The maximum absolute atomic E-state index is 11.9. The van der Waals surface area contributed by atoms with E-state index in [1.54, 1.807) is 6.92 Å². The molecule has 1 amide bonds. The van der Waals surface area contributed by atoms with Crippen molar-refractivity contribution in [3.8, 4) is 0 Å². The van der Waals surface area contributed by atoms with Crippen LogP contribution in [0.3, 0.4) is 0 Å². The van der Waals surface area contributed by atoms with Crippen LogP contribution in [0.15, 0.2) is 12.1 Å². The van der Waals surface area contributed by atoms with Gasteiger partial charge in [0.1, 0.15) is 0 Å². The van der Waals surface area contributed by atoms with Crippen molar-refractivity contribution in [2.75, 3.05) is 11.4 Å². The fourth-order valence-corrected chi connectivity index (χ4v) is 2.90. The van der Waals surface area contributed by atoms with Gasteiger partial charge < -0.3 is 10.0 Å². The van der Waals surface area contributed by atoms with Crippen LogP contribution in [-0.2, 0) is 22.4 Å². The lowest BCUT2D eigenvalue weighted by molar-refractivity contribution is -0.138. The molecule has 0 bridgehead atoms. The van der Waals surface area contributed by atoms with Gasteiger partial charge in [0, 0.05) is 6.54 Å². The zero-order valence-electron chi connectivity index (χ0n) is 10.3. The molecule has 1 unspecified atom stereocenters. The Labute approximate surface area is 105 Å². The van der Waals surface area contributed by atoms with E-state index in [4.69, 9.17) is 5.11 Å². The molecule has 0 saturated heterocycles. The van der Waals surface area contributed by atoms with E-state index in [9.17, 15) is 9.59 Å². The predicted molar refractivity (Wildman–Crippen MR) is 66.9 cm³/mol. The number of carboxylic acid groups (broad SMARTS) is 1. The Morgan fingerprint density at radius 2 is 2.11 bits per heavy atom. The third-order valence-electron chi connectivity index (χ3n) is 3.90. The molecule has 3 rings (SSSR count). The molecule has 4 nitrogen and oxygen atoms in total. The van der Waals surface area contributed by atoms with Gasteiger partial charge in [-0.1, -0.05) is 12.1 Å². The minimum absolute atomic E-state index is 0.145. The molecular weight excluding hydrogens is 230 g/mol. The van der Waals surface area contributed by atoms with Crippen LogP contribution < -0.4 is 4.90 Å². The summed E-state index contributed by atoms with van der Waals surface area (Å²) < 4.78 is 0. The molecule has 1 N–H and O–H groups in total. The van der Waals surface area contributed by atoms with E-state index in [2.05, 4.69) is 0 Å². The highest BCUT2D eigenvalue weighted by atomic mass is 16.4. The van der Waals surface area contributed by atoms with Gasteiger partial charge >= 0.3 is 5.97 Å². The summed E-state index contributed by atoms with van der Waals surface area (Å²) in [5, 5.41) is 9.09. The number of aliphatic carboxylic acids is 1. The largest absolute Gasteiger partial charge is 0.481 e. The maximum Gasteiger partial charge on any atom is 0.310 e. The summed E-state index contributed by atoms with van der Waals surface area (Å²) in [6.07, 6.45) is 2.32. The molecule has 2 heterocycles. The normalized spacial score (nSPS) is 18.7. The summed E-state index contributed by atoms with van der Waals surface area (Å²) in [4.78, 5) is 24.8. The van der Waals surface area contributed by atoms with E-state index in [0.717, 1.165) is 41.8 Å². The quantitative estimate of drug-likeness (QED) is 0.863. The molecule has 0 radical (unpaired) electrons. The number of rotatable bonds is 2. The van der Waals surface area contributed by atoms with Crippen LogP contribution in [-0.4, -0.2) is 23.5 Å². The molecule has 1 aromatic rings. The molecule has 4 heteroatoms. The van der Waals surface area contributed by atoms with Crippen LogP contribution in [0.5, 0.6) is 0 Å². The third kappa shape index (κ3) is 1.52. The summed E-state index contributed by atoms with van der Waals surface area (Å²) in [6, 6.07) is 3.85. The van der Waals surface area contributed by atoms with Crippen molar-refractivity contribution in [1.29, 1.82) is 0 Å². The second kappa shape index (κ2) is 3.83. The first kappa shape index (κ1) is 11.3. The Morgan fingerprint density at radius 1 is 1.39 bits per heavy atom. The highest BCUT2D eigenvalue weighted by Gasteiger charge is 2.33. The number of carboxylic acids is 1. The van der Waals surface area contributed by atoms with Gasteiger partial charge in [-0.05, 0) is 36.5 Å². The number of benzene rings is 1. The van der Waals surface area contributed by atoms with Gasteiger partial charge in [0.15, 0.2) is 0 Å².